The fourth-order valence-electron chi connectivity index (χ4n) is 2.01. The van der Waals surface area contributed by atoms with Gasteiger partial charge in [-0.25, -0.2) is 14.5 Å². The number of rotatable bonds is 6. The zero-order valence-electron chi connectivity index (χ0n) is 12.2. The molecule has 1 N–H and O–H groups in total. The zero-order chi connectivity index (χ0) is 15.4. The Kier molecular flexibility index (Phi) is 4.54. The Hall–Kier alpha value is -2.41. The number of anilines is 1. The molecule has 2 aromatic rings. The summed E-state index contributed by atoms with van der Waals surface area (Å²) < 4.78 is 2.73. The Morgan fingerprint density at radius 2 is 2.38 bits per heavy atom. The van der Waals surface area contributed by atoms with Crippen LogP contribution in [0, 0.1) is 0 Å². The van der Waals surface area contributed by atoms with Crippen LogP contribution in [0.15, 0.2) is 40.5 Å². The maximum atomic E-state index is 11.8. The maximum Gasteiger partial charge on any atom is 0.350 e. The van der Waals surface area contributed by atoms with Gasteiger partial charge in [-0.05, 0) is 12.5 Å². The summed E-state index contributed by atoms with van der Waals surface area (Å²) in [6.07, 6.45) is 4.22. The van der Waals surface area contributed by atoms with E-state index in [1.165, 1.54) is 9.08 Å². The lowest BCUT2D eigenvalue weighted by atomic mass is 10.3. The van der Waals surface area contributed by atoms with E-state index >= 15 is 0 Å². The van der Waals surface area contributed by atoms with Crippen LogP contribution in [0.25, 0.3) is 5.65 Å². The molecule has 0 saturated heterocycles. The average molecular weight is 289 g/mol. The highest BCUT2D eigenvalue weighted by Crippen LogP contribution is 2.19. The van der Waals surface area contributed by atoms with Crippen molar-refractivity contribution in [2.45, 2.75) is 13.3 Å². The number of hydrogen-bond acceptors (Lipinski definition) is 5. The summed E-state index contributed by atoms with van der Waals surface area (Å²) in [5.41, 5.74) is 1.11. The van der Waals surface area contributed by atoms with Crippen LogP contribution >= 0.6 is 0 Å². The molecule has 0 spiro atoms. The zero-order valence-corrected chi connectivity index (χ0v) is 12.2. The van der Waals surface area contributed by atoms with Crippen LogP contribution in [0.3, 0.4) is 0 Å². The molecule has 7 heteroatoms. The fraction of sp³-hybridized carbons (Fsp3) is 0.357. The summed E-state index contributed by atoms with van der Waals surface area (Å²) in [7, 11) is 1.60. The van der Waals surface area contributed by atoms with E-state index in [4.69, 9.17) is 0 Å². The number of hydrogen-bond donors (Lipinski definition) is 1. The quantitative estimate of drug-likeness (QED) is 0.798. The number of aromatic nitrogens is 3. The lowest BCUT2D eigenvalue weighted by Crippen LogP contribution is -2.25. The number of aliphatic hydroxyl groups excluding tert-OH is 1. The molecule has 21 heavy (non-hydrogen) atoms. The summed E-state index contributed by atoms with van der Waals surface area (Å²) in [4.78, 5) is 17.8. The smallest absolute Gasteiger partial charge is 0.350 e. The third kappa shape index (κ3) is 3.03. The van der Waals surface area contributed by atoms with Gasteiger partial charge in [-0.1, -0.05) is 13.5 Å². The fourth-order valence-corrected chi connectivity index (χ4v) is 2.01. The molecule has 2 rings (SSSR count). The first-order valence-corrected chi connectivity index (χ1v) is 6.73. The highest BCUT2D eigenvalue weighted by atomic mass is 16.3. The van der Waals surface area contributed by atoms with Gasteiger partial charge in [0.15, 0.2) is 5.65 Å². The van der Waals surface area contributed by atoms with Crippen molar-refractivity contribution in [3.63, 3.8) is 0 Å². The van der Waals surface area contributed by atoms with Crippen LogP contribution < -0.4 is 10.6 Å². The third-order valence-corrected chi connectivity index (χ3v) is 3.02. The van der Waals surface area contributed by atoms with E-state index in [-0.39, 0.29) is 12.3 Å². The Morgan fingerprint density at radius 3 is 3.05 bits per heavy atom. The van der Waals surface area contributed by atoms with Crippen molar-refractivity contribution in [1.82, 2.24) is 14.2 Å². The third-order valence-electron chi connectivity index (χ3n) is 3.02. The van der Waals surface area contributed by atoms with Gasteiger partial charge < -0.3 is 10.0 Å². The molecule has 0 saturated carbocycles. The van der Waals surface area contributed by atoms with E-state index in [0.29, 0.717) is 18.0 Å². The predicted octanol–water partition coefficient (Wildman–Crippen LogP) is 0.784. The molecule has 0 unspecified atom stereocenters. The Balaban J connectivity index is 2.42. The molecule has 0 fully saturated rings. The summed E-state index contributed by atoms with van der Waals surface area (Å²) in [6.45, 7) is 6.24. The topological polar surface area (TPSA) is 75.1 Å². The molecule has 0 aliphatic rings. The first-order valence-electron chi connectivity index (χ1n) is 6.73. The van der Waals surface area contributed by atoms with Crippen molar-refractivity contribution in [2.75, 3.05) is 18.1 Å². The molecule has 0 aromatic carbocycles. The van der Waals surface area contributed by atoms with Gasteiger partial charge >= 0.3 is 5.69 Å². The average Bonchev–Trinajstić information content (AvgIpc) is 2.76. The van der Waals surface area contributed by atoms with Gasteiger partial charge in [-0.2, -0.15) is 5.10 Å². The first-order chi connectivity index (χ1) is 10.1. The van der Waals surface area contributed by atoms with Gasteiger partial charge in [0.2, 0.25) is 0 Å². The van der Waals surface area contributed by atoms with Crippen molar-refractivity contribution in [3.8, 4) is 0 Å². The molecular formula is C14H19N5O2. The predicted molar refractivity (Wildman–Crippen MR) is 82.8 cm³/mol. The van der Waals surface area contributed by atoms with Crippen LogP contribution in [0.1, 0.15) is 13.3 Å². The number of nitrogens with zero attached hydrogens (tertiary/aromatic N) is 5. The summed E-state index contributed by atoms with van der Waals surface area (Å²) >= 11 is 0. The number of aliphatic hydroxyl groups is 1. The second-order valence-corrected chi connectivity index (χ2v) is 4.53. The summed E-state index contributed by atoms with van der Waals surface area (Å²) in [5.74, 6) is 0.536. The second-order valence-electron chi connectivity index (χ2n) is 4.53. The molecule has 0 atom stereocenters. The summed E-state index contributed by atoms with van der Waals surface area (Å²) in [5, 5.41) is 13.4. The number of fused-ring (bicyclic) bond motifs is 1. The first kappa shape index (κ1) is 15.0. The van der Waals surface area contributed by atoms with Gasteiger partial charge in [-0.15, -0.1) is 0 Å². The molecule has 2 heterocycles. The van der Waals surface area contributed by atoms with Crippen molar-refractivity contribution in [3.05, 3.63) is 41.2 Å². The van der Waals surface area contributed by atoms with Crippen LogP contribution in [0.5, 0.6) is 0 Å². The molecule has 0 radical (unpaired) electrons. The monoisotopic (exact) mass is 289 g/mol. The van der Waals surface area contributed by atoms with Crippen molar-refractivity contribution in [1.29, 1.82) is 0 Å². The SMILES string of the molecule is C=C(/N=C\CC)N(CCO)c1ccn2c(=O)n(C)nc2c1. The molecule has 2 aromatic heterocycles. The van der Waals surface area contributed by atoms with E-state index in [1.54, 1.807) is 36.5 Å². The van der Waals surface area contributed by atoms with Gasteiger partial charge in [0.05, 0.1) is 6.61 Å². The number of pyridine rings is 1. The molecule has 0 aliphatic carbocycles. The molecule has 0 bridgehead atoms. The van der Waals surface area contributed by atoms with Gasteiger partial charge in [0.25, 0.3) is 0 Å². The molecule has 0 amide bonds. The normalized spacial score (nSPS) is 11.4. The van der Waals surface area contributed by atoms with Gasteiger partial charge in [-0.3, -0.25) is 4.40 Å². The lowest BCUT2D eigenvalue weighted by Gasteiger charge is -2.23. The minimum absolute atomic E-state index is 0.0269. The lowest BCUT2D eigenvalue weighted by molar-refractivity contribution is 0.304. The molecular weight excluding hydrogens is 270 g/mol. The molecule has 0 aliphatic heterocycles. The Bertz CT molecular complexity index is 729. The van der Waals surface area contributed by atoms with Gasteiger partial charge in [0.1, 0.15) is 5.82 Å². The van der Waals surface area contributed by atoms with E-state index in [2.05, 4.69) is 16.7 Å². The largest absolute Gasteiger partial charge is 0.395 e. The van der Waals surface area contributed by atoms with E-state index < -0.39 is 0 Å². The van der Waals surface area contributed by atoms with Crippen LogP contribution in [0.2, 0.25) is 0 Å². The minimum atomic E-state index is -0.201. The van der Waals surface area contributed by atoms with Gasteiger partial charge in [0, 0.05) is 37.8 Å². The summed E-state index contributed by atoms with van der Waals surface area (Å²) in [6, 6.07) is 3.54. The van der Waals surface area contributed by atoms with E-state index in [0.717, 1.165) is 12.1 Å². The van der Waals surface area contributed by atoms with Crippen molar-refractivity contribution >= 4 is 17.5 Å². The van der Waals surface area contributed by atoms with Crippen LogP contribution in [-0.2, 0) is 7.05 Å². The van der Waals surface area contributed by atoms with E-state index in [9.17, 15) is 9.90 Å². The highest BCUT2D eigenvalue weighted by molar-refractivity contribution is 5.63. The molecule has 7 nitrogen and oxygen atoms in total. The maximum absolute atomic E-state index is 11.8. The second kappa shape index (κ2) is 6.36. The van der Waals surface area contributed by atoms with E-state index in [1.807, 2.05) is 6.92 Å². The van der Waals surface area contributed by atoms with Crippen LogP contribution in [-0.4, -0.2) is 38.7 Å². The number of aliphatic imine (C=N–C) groups is 1. The number of aryl methyl sites for hydroxylation is 1. The van der Waals surface area contributed by atoms with Crippen LogP contribution in [0.4, 0.5) is 5.69 Å². The van der Waals surface area contributed by atoms with Crippen molar-refractivity contribution in [2.24, 2.45) is 12.0 Å². The standard InChI is InChI=1S/C14H19N5O2/c1-4-6-15-11(2)18(8-9-20)12-5-7-19-13(10-12)16-17(3)14(19)21/h5-7,10,20H,2,4,8-9H2,1,3H3/b15-6-. The Labute approximate surface area is 122 Å². The Morgan fingerprint density at radius 1 is 1.62 bits per heavy atom. The van der Waals surface area contributed by atoms with Crippen molar-refractivity contribution < 1.29 is 5.11 Å². The molecule has 112 valence electrons. The highest BCUT2D eigenvalue weighted by Gasteiger charge is 2.11. The minimum Gasteiger partial charge on any atom is -0.395 e.